The quantitative estimate of drug-likeness (QED) is 0.525. The molecule has 0 aromatic carbocycles. The van der Waals surface area contributed by atoms with E-state index in [4.69, 9.17) is 10.6 Å². The van der Waals surface area contributed by atoms with Crippen molar-refractivity contribution in [3.63, 3.8) is 0 Å². The maximum Gasteiger partial charge on any atom is 0.0469 e. The van der Waals surface area contributed by atoms with E-state index in [0.717, 1.165) is 32.0 Å². The van der Waals surface area contributed by atoms with Crippen LogP contribution in [0.2, 0.25) is 0 Å². The van der Waals surface area contributed by atoms with Crippen molar-refractivity contribution in [2.24, 2.45) is 17.7 Å². The van der Waals surface area contributed by atoms with Crippen molar-refractivity contribution in [1.82, 2.24) is 5.43 Å². The van der Waals surface area contributed by atoms with Gasteiger partial charge in [-0.3, -0.25) is 11.3 Å². The molecule has 0 amide bonds. The van der Waals surface area contributed by atoms with Crippen LogP contribution in [0, 0.1) is 11.8 Å². The monoisotopic (exact) mass is 214 g/mol. The van der Waals surface area contributed by atoms with E-state index in [9.17, 15) is 0 Å². The number of rotatable bonds is 6. The molecule has 3 nitrogen and oxygen atoms in total. The Labute approximate surface area is 93.7 Å². The normalized spacial score (nSPS) is 22.6. The minimum atomic E-state index is 0.482. The molecule has 2 atom stereocenters. The first-order valence-corrected chi connectivity index (χ1v) is 6.31. The summed E-state index contributed by atoms with van der Waals surface area (Å²) in [4.78, 5) is 0. The fraction of sp³-hybridized carbons (Fsp3) is 1.00. The van der Waals surface area contributed by atoms with Gasteiger partial charge in [-0.2, -0.15) is 0 Å². The molecular weight excluding hydrogens is 188 g/mol. The van der Waals surface area contributed by atoms with Crippen molar-refractivity contribution in [2.75, 3.05) is 13.2 Å². The van der Waals surface area contributed by atoms with Crippen LogP contribution in [0.1, 0.15) is 46.0 Å². The Kier molecular flexibility index (Phi) is 6.22. The van der Waals surface area contributed by atoms with Gasteiger partial charge in [0.25, 0.3) is 0 Å². The summed E-state index contributed by atoms with van der Waals surface area (Å²) in [5.74, 6) is 7.15. The van der Waals surface area contributed by atoms with E-state index in [1.54, 1.807) is 0 Å². The number of nitrogens with two attached hydrogens (primary N) is 1. The molecule has 1 rings (SSSR count). The molecule has 90 valence electrons. The Bertz CT molecular complexity index is 158. The van der Waals surface area contributed by atoms with Gasteiger partial charge in [0.2, 0.25) is 0 Å². The Morgan fingerprint density at radius 2 is 2.07 bits per heavy atom. The van der Waals surface area contributed by atoms with Gasteiger partial charge in [0.15, 0.2) is 0 Å². The molecule has 0 aliphatic carbocycles. The largest absolute Gasteiger partial charge is 0.381 e. The lowest BCUT2D eigenvalue weighted by Gasteiger charge is -2.31. The molecule has 1 heterocycles. The van der Waals surface area contributed by atoms with Crippen LogP contribution in [0.3, 0.4) is 0 Å². The van der Waals surface area contributed by atoms with Crippen molar-refractivity contribution in [1.29, 1.82) is 0 Å². The molecule has 1 aliphatic heterocycles. The van der Waals surface area contributed by atoms with Gasteiger partial charge in [0.1, 0.15) is 0 Å². The maximum absolute atomic E-state index is 5.66. The molecule has 3 heteroatoms. The second kappa shape index (κ2) is 7.20. The highest BCUT2D eigenvalue weighted by molar-refractivity contribution is 4.78. The summed E-state index contributed by atoms with van der Waals surface area (Å²) < 4.78 is 5.38. The molecule has 0 bridgehead atoms. The molecule has 1 saturated heterocycles. The van der Waals surface area contributed by atoms with Gasteiger partial charge in [-0.15, -0.1) is 0 Å². The van der Waals surface area contributed by atoms with Crippen molar-refractivity contribution in [2.45, 2.75) is 52.0 Å². The van der Waals surface area contributed by atoms with Gasteiger partial charge >= 0.3 is 0 Å². The molecule has 0 saturated carbocycles. The maximum atomic E-state index is 5.66. The lowest BCUT2D eigenvalue weighted by Crippen LogP contribution is -2.43. The zero-order valence-corrected chi connectivity index (χ0v) is 10.2. The van der Waals surface area contributed by atoms with Crippen LogP contribution in [-0.4, -0.2) is 19.3 Å². The van der Waals surface area contributed by atoms with E-state index in [-0.39, 0.29) is 0 Å². The zero-order chi connectivity index (χ0) is 11.1. The average Bonchev–Trinajstić information content (AvgIpc) is 2.27. The molecule has 1 aliphatic rings. The van der Waals surface area contributed by atoms with Crippen LogP contribution < -0.4 is 11.3 Å². The third-order valence-corrected chi connectivity index (χ3v) is 3.49. The predicted octanol–water partition coefficient (Wildman–Crippen LogP) is 2.07. The van der Waals surface area contributed by atoms with Crippen molar-refractivity contribution in [3.05, 3.63) is 0 Å². The number of hydrogen-bond acceptors (Lipinski definition) is 3. The SMILES string of the molecule is CCCC(C)CC(NN)C1CCOCC1. The molecule has 0 radical (unpaired) electrons. The van der Waals surface area contributed by atoms with E-state index >= 15 is 0 Å². The summed E-state index contributed by atoms with van der Waals surface area (Å²) in [5.41, 5.74) is 3.01. The van der Waals surface area contributed by atoms with Gasteiger partial charge in [-0.25, -0.2) is 0 Å². The van der Waals surface area contributed by atoms with Crippen molar-refractivity contribution in [3.8, 4) is 0 Å². The molecule has 2 unspecified atom stereocenters. The van der Waals surface area contributed by atoms with Crippen LogP contribution >= 0.6 is 0 Å². The number of ether oxygens (including phenoxy) is 1. The van der Waals surface area contributed by atoms with Crippen LogP contribution in [0.25, 0.3) is 0 Å². The van der Waals surface area contributed by atoms with Gasteiger partial charge in [0, 0.05) is 19.3 Å². The fourth-order valence-corrected chi connectivity index (χ4v) is 2.56. The number of hydrogen-bond donors (Lipinski definition) is 2. The summed E-state index contributed by atoms with van der Waals surface area (Å²) in [6.45, 7) is 6.39. The topological polar surface area (TPSA) is 47.3 Å². The Morgan fingerprint density at radius 3 is 2.60 bits per heavy atom. The molecule has 15 heavy (non-hydrogen) atoms. The highest BCUT2D eigenvalue weighted by Gasteiger charge is 2.24. The van der Waals surface area contributed by atoms with E-state index in [1.807, 2.05) is 0 Å². The summed E-state index contributed by atoms with van der Waals surface area (Å²) >= 11 is 0. The molecular formula is C12H26N2O. The third-order valence-electron chi connectivity index (χ3n) is 3.49. The van der Waals surface area contributed by atoms with Gasteiger partial charge in [-0.1, -0.05) is 26.7 Å². The first-order chi connectivity index (χ1) is 7.27. The van der Waals surface area contributed by atoms with E-state index in [1.165, 1.54) is 19.3 Å². The highest BCUT2D eigenvalue weighted by Crippen LogP contribution is 2.24. The second-order valence-corrected chi connectivity index (χ2v) is 4.85. The first kappa shape index (κ1) is 12.9. The Hall–Kier alpha value is -0.120. The molecule has 3 N–H and O–H groups in total. The first-order valence-electron chi connectivity index (χ1n) is 6.31. The van der Waals surface area contributed by atoms with E-state index < -0.39 is 0 Å². The summed E-state index contributed by atoms with van der Waals surface area (Å²) in [7, 11) is 0. The lowest BCUT2D eigenvalue weighted by atomic mass is 9.85. The highest BCUT2D eigenvalue weighted by atomic mass is 16.5. The Balaban J connectivity index is 2.32. The number of hydrazine groups is 1. The molecule has 0 spiro atoms. The van der Waals surface area contributed by atoms with Crippen LogP contribution in [0.5, 0.6) is 0 Å². The lowest BCUT2D eigenvalue weighted by molar-refractivity contribution is 0.0503. The van der Waals surface area contributed by atoms with Gasteiger partial charge < -0.3 is 4.74 Å². The molecule has 0 aromatic rings. The average molecular weight is 214 g/mol. The zero-order valence-electron chi connectivity index (χ0n) is 10.2. The standard InChI is InChI=1S/C12H26N2O/c1-3-4-10(2)9-12(14-13)11-5-7-15-8-6-11/h10-12,14H,3-9,13H2,1-2H3. The molecule has 1 fully saturated rings. The summed E-state index contributed by atoms with van der Waals surface area (Å²) in [6, 6.07) is 0.482. The van der Waals surface area contributed by atoms with E-state index in [0.29, 0.717) is 12.0 Å². The van der Waals surface area contributed by atoms with Crippen LogP contribution in [0.15, 0.2) is 0 Å². The Morgan fingerprint density at radius 1 is 1.40 bits per heavy atom. The van der Waals surface area contributed by atoms with Gasteiger partial charge in [0.05, 0.1) is 0 Å². The smallest absolute Gasteiger partial charge is 0.0469 e. The third kappa shape index (κ3) is 4.49. The van der Waals surface area contributed by atoms with E-state index in [2.05, 4.69) is 19.3 Å². The van der Waals surface area contributed by atoms with Crippen LogP contribution in [-0.2, 0) is 4.74 Å². The summed E-state index contributed by atoms with van der Waals surface area (Å²) in [6.07, 6.45) is 6.10. The second-order valence-electron chi connectivity index (χ2n) is 4.85. The van der Waals surface area contributed by atoms with Crippen LogP contribution in [0.4, 0.5) is 0 Å². The predicted molar refractivity (Wildman–Crippen MR) is 63.3 cm³/mol. The van der Waals surface area contributed by atoms with Crippen molar-refractivity contribution >= 4 is 0 Å². The minimum absolute atomic E-state index is 0.482. The number of nitrogens with one attached hydrogen (secondary N) is 1. The minimum Gasteiger partial charge on any atom is -0.381 e. The van der Waals surface area contributed by atoms with Crippen molar-refractivity contribution < 1.29 is 4.74 Å². The molecule has 0 aromatic heterocycles. The van der Waals surface area contributed by atoms with Gasteiger partial charge in [-0.05, 0) is 31.1 Å². The fourth-order valence-electron chi connectivity index (χ4n) is 2.56. The summed E-state index contributed by atoms with van der Waals surface area (Å²) in [5, 5.41) is 0.